The van der Waals surface area contributed by atoms with E-state index in [1.54, 1.807) is 0 Å². The molecule has 1 saturated carbocycles. The molecule has 1 heteroatoms. The molecule has 0 aliphatic heterocycles. The van der Waals surface area contributed by atoms with Gasteiger partial charge in [-0.05, 0) is 41.2 Å². The molecule has 0 heterocycles. The van der Waals surface area contributed by atoms with Crippen molar-refractivity contribution in [1.82, 2.24) is 0 Å². The normalized spacial score (nSPS) is 49.0. The average Bonchev–Trinajstić information content (AvgIpc) is 2.87. The maximum Gasteiger partial charge on any atom is 0.0769 e. The molecule has 0 saturated heterocycles. The molecule has 0 amide bonds. The smallest absolute Gasteiger partial charge is 0.0769 e. The highest BCUT2D eigenvalue weighted by Crippen LogP contribution is 2.58. The molecule has 0 radical (unpaired) electrons. The number of hydrogen-bond donors (Lipinski definition) is 0. The van der Waals surface area contributed by atoms with Crippen molar-refractivity contribution in [3.63, 3.8) is 0 Å². The van der Waals surface area contributed by atoms with Crippen LogP contribution in [0.2, 0.25) is 0 Å². The first-order chi connectivity index (χ1) is 7.34. The highest BCUT2D eigenvalue weighted by Gasteiger charge is 2.49. The molecule has 4 rings (SSSR count). The molecule has 5 unspecified atom stereocenters. The first-order valence-corrected chi connectivity index (χ1v) is 6.21. The van der Waals surface area contributed by atoms with Crippen LogP contribution in [0, 0.1) is 23.7 Å². The Morgan fingerprint density at radius 3 is 2.87 bits per heavy atom. The minimum absolute atomic E-state index is 0.120. The molecule has 15 heavy (non-hydrogen) atoms. The first kappa shape index (κ1) is 8.41. The predicted octanol–water partition coefficient (Wildman–Crippen LogP) is 3.47. The van der Waals surface area contributed by atoms with Gasteiger partial charge in [0.2, 0.25) is 0 Å². The average molecular weight is 217 g/mol. The summed E-state index contributed by atoms with van der Waals surface area (Å²) in [6.45, 7) is 0. The van der Waals surface area contributed by atoms with Crippen LogP contribution >= 0.6 is 11.6 Å². The lowest BCUT2D eigenvalue weighted by molar-refractivity contribution is 0.451. The summed E-state index contributed by atoms with van der Waals surface area (Å²) in [7, 11) is 0. The van der Waals surface area contributed by atoms with Crippen molar-refractivity contribution >= 4 is 11.6 Å². The molecule has 0 nitrogen and oxygen atoms in total. The monoisotopic (exact) mass is 216 g/mol. The van der Waals surface area contributed by atoms with Gasteiger partial charge >= 0.3 is 0 Å². The van der Waals surface area contributed by atoms with Crippen molar-refractivity contribution in [3.05, 3.63) is 47.6 Å². The van der Waals surface area contributed by atoms with Crippen LogP contribution in [0.15, 0.2) is 47.6 Å². The molecule has 0 spiro atoms. The van der Waals surface area contributed by atoms with Crippen LogP contribution < -0.4 is 0 Å². The fourth-order valence-electron chi connectivity index (χ4n) is 3.84. The Kier molecular flexibility index (Phi) is 1.50. The number of alkyl halides is 1. The zero-order chi connectivity index (χ0) is 9.99. The Morgan fingerprint density at radius 2 is 1.93 bits per heavy atom. The number of halogens is 1. The van der Waals surface area contributed by atoms with Gasteiger partial charge in [-0.15, -0.1) is 11.6 Å². The predicted molar refractivity (Wildman–Crippen MR) is 62.7 cm³/mol. The lowest BCUT2D eigenvalue weighted by atomic mass is 9.81. The quantitative estimate of drug-likeness (QED) is 0.430. The zero-order valence-electron chi connectivity index (χ0n) is 8.44. The van der Waals surface area contributed by atoms with Crippen molar-refractivity contribution in [1.29, 1.82) is 0 Å². The summed E-state index contributed by atoms with van der Waals surface area (Å²) in [5, 5.41) is 0.120. The van der Waals surface area contributed by atoms with Gasteiger partial charge in [0.25, 0.3) is 0 Å². The molecule has 0 aromatic carbocycles. The second-order valence-electron chi connectivity index (χ2n) is 5.08. The van der Waals surface area contributed by atoms with Gasteiger partial charge in [-0.2, -0.15) is 0 Å². The van der Waals surface area contributed by atoms with Gasteiger partial charge in [-0.25, -0.2) is 0 Å². The standard InChI is InChI=1S/C14H13Cl/c15-13-3-1-2-10-12(13)7-11-8-4-5-9(6-8)14(10)11/h1-5,7-9,11,13-14H,6H2. The Balaban J connectivity index is 1.84. The van der Waals surface area contributed by atoms with Crippen LogP contribution in [-0.2, 0) is 0 Å². The topological polar surface area (TPSA) is 0 Å². The van der Waals surface area contributed by atoms with Gasteiger partial charge in [-0.1, -0.05) is 36.5 Å². The van der Waals surface area contributed by atoms with Crippen LogP contribution in [0.1, 0.15) is 6.42 Å². The Morgan fingerprint density at radius 1 is 1.07 bits per heavy atom. The van der Waals surface area contributed by atoms with Crippen LogP contribution in [0.4, 0.5) is 0 Å². The molecule has 4 aliphatic carbocycles. The summed E-state index contributed by atoms with van der Waals surface area (Å²) in [4.78, 5) is 0. The van der Waals surface area contributed by atoms with Gasteiger partial charge in [0.1, 0.15) is 0 Å². The fraction of sp³-hybridized carbons (Fsp3) is 0.429. The second-order valence-corrected chi connectivity index (χ2v) is 5.55. The van der Waals surface area contributed by atoms with Gasteiger partial charge in [0.05, 0.1) is 5.38 Å². The Labute approximate surface area is 95.0 Å². The van der Waals surface area contributed by atoms with E-state index in [1.165, 1.54) is 17.6 Å². The van der Waals surface area contributed by atoms with Gasteiger partial charge in [0.15, 0.2) is 0 Å². The van der Waals surface area contributed by atoms with E-state index in [-0.39, 0.29) is 5.38 Å². The SMILES string of the molecule is ClC1C=CC=C2C1=CC1C3C=CC(C3)C21. The third-order valence-corrected chi connectivity index (χ3v) is 4.82. The highest BCUT2D eigenvalue weighted by atomic mass is 35.5. The van der Waals surface area contributed by atoms with E-state index in [4.69, 9.17) is 11.6 Å². The summed E-state index contributed by atoms with van der Waals surface area (Å²) in [6, 6.07) is 0. The van der Waals surface area contributed by atoms with Crippen LogP contribution in [0.5, 0.6) is 0 Å². The fourth-order valence-corrected chi connectivity index (χ4v) is 4.12. The van der Waals surface area contributed by atoms with Crippen molar-refractivity contribution in [2.75, 3.05) is 0 Å². The number of hydrogen-bond acceptors (Lipinski definition) is 0. The summed E-state index contributed by atoms with van der Waals surface area (Å²) in [6.07, 6.45) is 15.2. The highest BCUT2D eigenvalue weighted by molar-refractivity contribution is 6.24. The summed E-state index contributed by atoms with van der Waals surface area (Å²) in [5.74, 6) is 3.09. The zero-order valence-corrected chi connectivity index (χ0v) is 9.19. The number of fused-ring (bicyclic) bond motifs is 7. The van der Waals surface area contributed by atoms with E-state index < -0.39 is 0 Å². The van der Waals surface area contributed by atoms with E-state index in [2.05, 4.69) is 36.5 Å². The Bertz CT molecular complexity index is 438. The molecule has 2 bridgehead atoms. The summed E-state index contributed by atoms with van der Waals surface area (Å²) >= 11 is 6.33. The van der Waals surface area contributed by atoms with Crippen LogP contribution in [0.3, 0.4) is 0 Å². The largest absolute Gasteiger partial charge is 0.113 e. The van der Waals surface area contributed by atoms with E-state index >= 15 is 0 Å². The Hall–Kier alpha value is -0.750. The maximum absolute atomic E-state index is 6.33. The van der Waals surface area contributed by atoms with Crippen molar-refractivity contribution < 1.29 is 0 Å². The first-order valence-electron chi connectivity index (χ1n) is 5.77. The van der Waals surface area contributed by atoms with E-state index in [0.717, 1.165) is 23.7 Å². The van der Waals surface area contributed by atoms with Crippen molar-refractivity contribution in [2.45, 2.75) is 11.8 Å². The lowest BCUT2D eigenvalue weighted by Crippen LogP contribution is -2.16. The molecule has 76 valence electrons. The minimum atomic E-state index is 0.120. The van der Waals surface area contributed by atoms with Gasteiger partial charge < -0.3 is 0 Å². The van der Waals surface area contributed by atoms with Gasteiger partial charge in [0, 0.05) is 0 Å². The third-order valence-electron chi connectivity index (χ3n) is 4.44. The third kappa shape index (κ3) is 0.939. The molecule has 4 aliphatic rings. The van der Waals surface area contributed by atoms with Crippen LogP contribution in [-0.4, -0.2) is 5.38 Å². The molecule has 1 fully saturated rings. The molecule has 5 atom stereocenters. The maximum atomic E-state index is 6.33. The number of rotatable bonds is 0. The van der Waals surface area contributed by atoms with Crippen LogP contribution in [0.25, 0.3) is 0 Å². The molecular weight excluding hydrogens is 204 g/mol. The minimum Gasteiger partial charge on any atom is -0.113 e. The summed E-state index contributed by atoms with van der Waals surface area (Å²) in [5.41, 5.74) is 2.92. The molecule has 0 N–H and O–H groups in total. The van der Waals surface area contributed by atoms with Crippen molar-refractivity contribution in [2.24, 2.45) is 23.7 Å². The molecule has 0 aromatic rings. The summed E-state index contributed by atoms with van der Waals surface area (Å²) < 4.78 is 0. The lowest BCUT2D eigenvalue weighted by Gasteiger charge is -2.23. The number of allylic oxidation sites excluding steroid dienone is 8. The van der Waals surface area contributed by atoms with E-state index in [1.807, 2.05) is 0 Å². The van der Waals surface area contributed by atoms with Crippen molar-refractivity contribution in [3.8, 4) is 0 Å². The molecular formula is C14H13Cl. The van der Waals surface area contributed by atoms with E-state index in [9.17, 15) is 0 Å². The van der Waals surface area contributed by atoms with Gasteiger partial charge in [-0.3, -0.25) is 0 Å². The molecule has 0 aromatic heterocycles. The van der Waals surface area contributed by atoms with E-state index in [0.29, 0.717) is 0 Å². The second kappa shape index (κ2) is 2.68.